The standard InChI is InChI=1S/C13H20F2N2O3/c1-8-6-9(16-10(18)7-8)11(19)17-4-2-13(20,3-5-17)12(14)15/h8-9,12,20H,2-7H2,1H3,(H,16,18)/t8-,9-/m0/s1. The molecule has 2 heterocycles. The Hall–Kier alpha value is -1.24. The van der Waals surface area contributed by atoms with E-state index in [2.05, 4.69) is 5.32 Å². The lowest BCUT2D eigenvalue weighted by Crippen LogP contribution is -2.56. The van der Waals surface area contributed by atoms with Gasteiger partial charge in [0.15, 0.2) is 0 Å². The number of nitrogens with zero attached hydrogens (tertiary/aromatic N) is 1. The van der Waals surface area contributed by atoms with E-state index in [1.807, 2.05) is 6.92 Å². The van der Waals surface area contributed by atoms with Crippen molar-refractivity contribution in [1.29, 1.82) is 0 Å². The van der Waals surface area contributed by atoms with Crippen molar-refractivity contribution in [2.24, 2.45) is 5.92 Å². The number of halogens is 2. The Morgan fingerprint density at radius 3 is 2.55 bits per heavy atom. The van der Waals surface area contributed by atoms with Crippen molar-refractivity contribution in [2.75, 3.05) is 13.1 Å². The number of rotatable bonds is 2. The molecule has 20 heavy (non-hydrogen) atoms. The zero-order valence-electron chi connectivity index (χ0n) is 11.4. The maximum Gasteiger partial charge on any atom is 0.266 e. The number of amides is 2. The van der Waals surface area contributed by atoms with Gasteiger partial charge in [-0.05, 0) is 25.2 Å². The molecule has 5 nitrogen and oxygen atoms in total. The summed E-state index contributed by atoms with van der Waals surface area (Å²) in [6.07, 6.45) is -2.08. The minimum absolute atomic E-state index is 0.0976. The largest absolute Gasteiger partial charge is 0.384 e. The number of carbonyl (C=O) groups excluding carboxylic acids is 2. The molecule has 2 amide bonds. The molecule has 0 bridgehead atoms. The van der Waals surface area contributed by atoms with E-state index in [4.69, 9.17) is 0 Å². The van der Waals surface area contributed by atoms with Crippen molar-refractivity contribution in [3.63, 3.8) is 0 Å². The number of aliphatic hydroxyl groups is 1. The molecule has 2 aliphatic rings. The summed E-state index contributed by atoms with van der Waals surface area (Å²) in [6.45, 7) is 2.10. The Bertz CT molecular complexity index is 395. The zero-order chi connectivity index (χ0) is 14.9. The highest BCUT2D eigenvalue weighted by molar-refractivity contribution is 5.89. The molecule has 2 aliphatic heterocycles. The lowest BCUT2D eigenvalue weighted by Gasteiger charge is -2.39. The van der Waals surface area contributed by atoms with Crippen molar-refractivity contribution < 1.29 is 23.5 Å². The van der Waals surface area contributed by atoms with Gasteiger partial charge >= 0.3 is 0 Å². The summed E-state index contributed by atoms with van der Waals surface area (Å²) in [7, 11) is 0. The third kappa shape index (κ3) is 3.08. The van der Waals surface area contributed by atoms with Gasteiger partial charge in [0.25, 0.3) is 6.43 Å². The second-order valence-electron chi connectivity index (χ2n) is 5.89. The predicted octanol–water partition coefficient (Wildman–Crippen LogP) is 0.520. The van der Waals surface area contributed by atoms with Gasteiger partial charge in [-0.2, -0.15) is 0 Å². The first-order chi connectivity index (χ1) is 9.32. The number of hydrogen-bond donors (Lipinski definition) is 2. The third-order valence-electron chi connectivity index (χ3n) is 4.15. The summed E-state index contributed by atoms with van der Waals surface area (Å²) in [4.78, 5) is 25.2. The molecule has 0 spiro atoms. The Morgan fingerprint density at radius 1 is 1.45 bits per heavy atom. The fraction of sp³-hybridized carbons (Fsp3) is 0.846. The van der Waals surface area contributed by atoms with Crippen LogP contribution in [0.1, 0.15) is 32.6 Å². The summed E-state index contributed by atoms with van der Waals surface area (Å²) in [6, 6.07) is -0.566. The lowest BCUT2D eigenvalue weighted by atomic mass is 9.89. The average Bonchev–Trinajstić information content (AvgIpc) is 2.37. The van der Waals surface area contributed by atoms with Gasteiger partial charge in [-0.3, -0.25) is 9.59 Å². The summed E-state index contributed by atoms with van der Waals surface area (Å²) in [5, 5.41) is 12.3. The molecular weight excluding hydrogens is 270 g/mol. The van der Waals surface area contributed by atoms with E-state index in [0.29, 0.717) is 12.8 Å². The van der Waals surface area contributed by atoms with Crippen LogP contribution in [0.3, 0.4) is 0 Å². The number of carbonyl (C=O) groups is 2. The highest BCUT2D eigenvalue weighted by atomic mass is 19.3. The van der Waals surface area contributed by atoms with Gasteiger partial charge in [0.05, 0.1) is 0 Å². The first kappa shape index (κ1) is 15.2. The third-order valence-corrected chi connectivity index (χ3v) is 4.15. The van der Waals surface area contributed by atoms with Crippen LogP contribution >= 0.6 is 0 Å². The molecule has 0 radical (unpaired) electrons. The van der Waals surface area contributed by atoms with Crippen LogP contribution in [0.4, 0.5) is 8.78 Å². The summed E-state index contributed by atoms with van der Waals surface area (Å²) in [5.74, 6) is -0.245. The second-order valence-corrected chi connectivity index (χ2v) is 5.89. The van der Waals surface area contributed by atoms with Gasteiger partial charge in [0.2, 0.25) is 11.8 Å². The van der Waals surface area contributed by atoms with Crippen LogP contribution in [0.25, 0.3) is 0 Å². The summed E-state index contributed by atoms with van der Waals surface area (Å²) < 4.78 is 25.4. The summed E-state index contributed by atoms with van der Waals surface area (Å²) >= 11 is 0. The number of hydrogen-bond acceptors (Lipinski definition) is 3. The van der Waals surface area contributed by atoms with E-state index in [-0.39, 0.29) is 43.7 Å². The molecule has 2 rings (SSSR count). The zero-order valence-corrected chi connectivity index (χ0v) is 11.4. The molecule has 0 aromatic carbocycles. The maximum atomic E-state index is 12.7. The molecule has 2 atom stereocenters. The number of likely N-dealkylation sites (tertiary alicyclic amines) is 1. The van der Waals surface area contributed by atoms with Gasteiger partial charge in [-0.15, -0.1) is 0 Å². The van der Waals surface area contributed by atoms with Gasteiger partial charge in [-0.1, -0.05) is 6.92 Å². The van der Waals surface area contributed by atoms with Crippen molar-refractivity contribution >= 4 is 11.8 Å². The second kappa shape index (κ2) is 5.63. The highest BCUT2D eigenvalue weighted by Crippen LogP contribution is 2.29. The smallest absolute Gasteiger partial charge is 0.266 e. The normalized spacial score (nSPS) is 30.2. The molecule has 0 aromatic heterocycles. The van der Waals surface area contributed by atoms with Gasteiger partial charge in [-0.25, -0.2) is 8.78 Å². The summed E-state index contributed by atoms with van der Waals surface area (Å²) in [5.41, 5.74) is -1.99. The molecule has 114 valence electrons. The van der Waals surface area contributed by atoms with Crippen LogP contribution in [0.15, 0.2) is 0 Å². The van der Waals surface area contributed by atoms with E-state index in [1.165, 1.54) is 4.90 Å². The van der Waals surface area contributed by atoms with E-state index in [1.54, 1.807) is 0 Å². The molecule has 7 heteroatoms. The molecular formula is C13H20F2N2O3. The molecule has 2 saturated heterocycles. The predicted molar refractivity (Wildman–Crippen MR) is 67.1 cm³/mol. The van der Waals surface area contributed by atoms with Crippen molar-refractivity contribution in [1.82, 2.24) is 10.2 Å². The fourth-order valence-corrected chi connectivity index (χ4v) is 2.83. The molecule has 0 saturated carbocycles. The van der Waals surface area contributed by atoms with Crippen LogP contribution in [0.5, 0.6) is 0 Å². The van der Waals surface area contributed by atoms with Crippen LogP contribution < -0.4 is 5.32 Å². The Kier molecular flexibility index (Phi) is 4.27. The SMILES string of the molecule is C[C@@H]1CC(=O)N[C@H](C(=O)N2CCC(O)(C(F)F)CC2)C1. The van der Waals surface area contributed by atoms with Crippen molar-refractivity contribution in [3.8, 4) is 0 Å². The van der Waals surface area contributed by atoms with Gasteiger partial charge in [0, 0.05) is 19.5 Å². The fourth-order valence-electron chi connectivity index (χ4n) is 2.83. The number of nitrogens with one attached hydrogen (secondary N) is 1. The van der Waals surface area contributed by atoms with E-state index in [0.717, 1.165) is 0 Å². The number of alkyl halides is 2. The number of piperidine rings is 2. The van der Waals surface area contributed by atoms with E-state index in [9.17, 15) is 23.5 Å². The van der Waals surface area contributed by atoms with E-state index >= 15 is 0 Å². The van der Waals surface area contributed by atoms with Crippen LogP contribution in [-0.2, 0) is 9.59 Å². The quantitative estimate of drug-likeness (QED) is 0.779. The Morgan fingerprint density at radius 2 is 2.05 bits per heavy atom. The molecule has 2 N–H and O–H groups in total. The van der Waals surface area contributed by atoms with Gasteiger partial charge in [0.1, 0.15) is 11.6 Å². The minimum atomic E-state index is -2.80. The van der Waals surface area contributed by atoms with Crippen LogP contribution in [0.2, 0.25) is 0 Å². The monoisotopic (exact) mass is 290 g/mol. The van der Waals surface area contributed by atoms with Crippen molar-refractivity contribution in [2.45, 2.75) is 50.7 Å². The molecule has 0 unspecified atom stereocenters. The molecule has 0 aliphatic carbocycles. The minimum Gasteiger partial charge on any atom is -0.384 e. The molecule has 2 fully saturated rings. The maximum absolute atomic E-state index is 12.7. The Labute approximate surface area is 116 Å². The Balaban J connectivity index is 1.93. The average molecular weight is 290 g/mol. The van der Waals surface area contributed by atoms with Crippen LogP contribution in [0, 0.1) is 5.92 Å². The topological polar surface area (TPSA) is 69.6 Å². The first-order valence-corrected chi connectivity index (χ1v) is 6.90. The van der Waals surface area contributed by atoms with Crippen molar-refractivity contribution in [3.05, 3.63) is 0 Å². The van der Waals surface area contributed by atoms with E-state index < -0.39 is 18.1 Å². The highest BCUT2D eigenvalue weighted by Gasteiger charge is 2.43. The van der Waals surface area contributed by atoms with Crippen LogP contribution in [-0.4, -0.2) is 53.0 Å². The molecule has 0 aromatic rings. The van der Waals surface area contributed by atoms with Gasteiger partial charge < -0.3 is 15.3 Å². The lowest BCUT2D eigenvalue weighted by molar-refractivity contribution is -0.151. The first-order valence-electron chi connectivity index (χ1n) is 6.90.